The standard InChI is InChI=1S/C14H16N2/c1-9-5-6-13(8-10(9)2)14-11(3)7-12(4)15-16-14/h5-8H,1-4H3. The molecule has 0 aliphatic rings. The number of hydrogen-bond donors (Lipinski definition) is 0. The Morgan fingerprint density at radius 2 is 1.50 bits per heavy atom. The van der Waals surface area contributed by atoms with Crippen LogP contribution in [0.15, 0.2) is 24.3 Å². The minimum atomic E-state index is 0.963. The molecular formula is C14H16N2. The summed E-state index contributed by atoms with van der Waals surface area (Å²) >= 11 is 0. The molecule has 0 atom stereocenters. The maximum atomic E-state index is 4.27. The van der Waals surface area contributed by atoms with E-state index in [9.17, 15) is 0 Å². The first-order valence-electron chi connectivity index (χ1n) is 5.46. The topological polar surface area (TPSA) is 25.8 Å². The van der Waals surface area contributed by atoms with Gasteiger partial charge in [0.15, 0.2) is 0 Å². The van der Waals surface area contributed by atoms with Crippen molar-refractivity contribution in [2.45, 2.75) is 27.7 Å². The molecule has 1 aromatic heterocycles. The van der Waals surface area contributed by atoms with Crippen LogP contribution in [-0.4, -0.2) is 10.2 Å². The maximum absolute atomic E-state index is 4.27. The van der Waals surface area contributed by atoms with Crippen LogP contribution < -0.4 is 0 Å². The summed E-state index contributed by atoms with van der Waals surface area (Å²) in [5.74, 6) is 0. The van der Waals surface area contributed by atoms with Gasteiger partial charge in [-0.05, 0) is 56.5 Å². The third-order valence-corrected chi connectivity index (χ3v) is 2.89. The highest BCUT2D eigenvalue weighted by Crippen LogP contribution is 2.22. The van der Waals surface area contributed by atoms with Crippen LogP contribution in [0.1, 0.15) is 22.4 Å². The Morgan fingerprint density at radius 3 is 2.12 bits per heavy atom. The zero-order valence-corrected chi connectivity index (χ0v) is 10.2. The van der Waals surface area contributed by atoms with Crippen LogP contribution in [0.25, 0.3) is 11.3 Å². The lowest BCUT2D eigenvalue weighted by Crippen LogP contribution is -1.94. The van der Waals surface area contributed by atoms with E-state index in [1.807, 2.05) is 6.92 Å². The highest BCUT2D eigenvalue weighted by atomic mass is 15.1. The maximum Gasteiger partial charge on any atom is 0.0959 e. The van der Waals surface area contributed by atoms with Crippen LogP contribution in [0, 0.1) is 27.7 Å². The third kappa shape index (κ3) is 1.96. The number of hydrogen-bond acceptors (Lipinski definition) is 2. The normalized spacial score (nSPS) is 10.5. The van der Waals surface area contributed by atoms with Gasteiger partial charge < -0.3 is 0 Å². The molecule has 2 nitrogen and oxygen atoms in total. The highest BCUT2D eigenvalue weighted by Gasteiger charge is 2.05. The van der Waals surface area contributed by atoms with Gasteiger partial charge in [-0.15, -0.1) is 5.10 Å². The molecular weight excluding hydrogens is 196 g/mol. The molecule has 0 aliphatic carbocycles. The number of aromatic nitrogens is 2. The van der Waals surface area contributed by atoms with Gasteiger partial charge in [0.2, 0.25) is 0 Å². The lowest BCUT2D eigenvalue weighted by Gasteiger charge is -2.07. The number of nitrogens with zero attached hydrogens (tertiary/aromatic N) is 2. The Kier molecular flexibility index (Phi) is 2.73. The second kappa shape index (κ2) is 4.05. The van der Waals surface area contributed by atoms with Gasteiger partial charge in [-0.25, -0.2) is 0 Å². The van der Waals surface area contributed by atoms with E-state index in [0.29, 0.717) is 0 Å². The SMILES string of the molecule is Cc1cc(C)c(-c2ccc(C)c(C)c2)nn1. The van der Waals surface area contributed by atoms with Gasteiger partial charge in [0, 0.05) is 5.56 Å². The van der Waals surface area contributed by atoms with Gasteiger partial charge in [0.25, 0.3) is 0 Å². The summed E-state index contributed by atoms with van der Waals surface area (Å²) in [5.41, 5.74) is 6.86. The minimum Gasteiger partial charge on any atom is -0.155 e. The fourth-order valence-corrected chi connectivity index (χ4v) is 1.79. The summed E-state index contributed by atoms with van der Waals surface area (Å²) in [6.45, 7) is 8.28. The summed E-state index contributed by atoms with van der Waals surface area (Å²) in [6, 6.07) is 8.47. The Morgan fingerprint density at radius 1 is 0.750 bits per heavy atom. The molecule has 0 unspecified atom stereocenters. The van der Waals surface area contributed by atoms with Gasteiger partial charge in [-0.2, -0.15) is 5.10 Å². The van der Waals surface area contributed by atoms with Crippen molar-refractivity contribution in [3.8, 4) is 11.3 Å². The van der Waals surface area contributed by atoms with E-state index in [1.165, 1.54) is 16.7 Å². The van der Waals surface area contributed by atoms with Crippen molar-refractivity contribution < 1.29 is 0 Å². The van der Waals surface area contributed by atoms with Crippen molar-refractivity contribution in [3.63, 3.8) is 0 Å². The molecule has 1 aromatic carbocycles. The average Bonchev–Trinajstić information content (AvgIpc) is 2.22. The molecule has 0 aliphatic heterocycles. The van der Waals surface area contributed by atoms with Crippen molar-refractivity contribution in [1.82, 2.24) is 10.2 Å². The Bertz CT molecular complexity index is 530. The quantitative estimate of drug-likeness (QED) is 0.724. The van der Waals surface area contributed by atoms with Crippen molar-refractivity contribution in [2.75, 3.05) is 0 Å². The van der Waals surface area contributed by atoms with E-state index < -0.39 is 0 Å². The molecule has 0 amide bonds. The van der Waals surface area contributed by atoms with Crippen molar-refractivity contribution >= 4 is 0 Å². The first kappa shape index (κ1) is 10.8. The summed E-state index contributed by atoms with van der Waals surface area (Å²) in [6.07, 6.45) is 0. The second-order valence-electron chi connectivity index (χ2n) is 4.32. The molecule has 82 valence electrons. The largest absolute Gasteiger partial charge is 0.155 e. The highest BCUT2D eigenvalue weighted by molar-refractivity contribution is 5.63. The van der Waals surface area contributed by atoms with Crippen molar-refractivity contribution in [2.24, 2.45) is 0 Å². The Balaban J connectivity index is 2.54. The van der Waals surface area contributed by atoms with Crippen molar-refractivity contribution in [3.05, 3.63) is 46.6 Å². The molecule has 2 aromatic rings. The Hall–Kier alpha value is -1.70. The molecule has 0 saturated heterocycles. The van der Waals surface area contributed by atoms with E-state index in [-0.39, 0.29) is 0 Å². The van der Waals surface area contributed by atoms with E-state index in [1.54, 1.807) is 0 Å². The molecule has 1 heterocycles. The summed E-state index contributed by atoms with van der Waals surface area (Å²) in [7, 11) is 0. The monoisotopic (exact) mass is 212 g/mol. The molecule has 0 radical (unpaired) electrons. The van der Waals surface area contributed by atoms with Crippen molar-refractivity contribution in [1.29, 1.82) is 0 Å². The van der Waals surface area contributed by atoms with Crippen LogP contribution in [0.5, 0.6) is 0 Å². The van der Waals surface area contributed by atoms with Crippen LogP contribution >= 0.6 is 0 Å². The predicted molar refractivity (Wildman–Crippen MR) is 66.4 cm³/mol. The van der Waals surface area contributed by atoms with Gasteiger partial charge in [0.05, 0.1) is 11.4 Å². The van der Waals surface area contributed by atoms with Gasteiger partial charge >= 0.3 is 0 Å². The molecule has 2 heteroatoms. The number of aryl methyl sites for hydroxylation is 4. The number of benzene rings is 1. The smallest absolute Gasteiger partial charge is 0.0959 e. The minimum absolute atomic E-state index is 0.963. The summed E-state index contributed by atoms with van der Waals surface area (Å²) < 4.78 is 0. The molecule has 16 heavy (non-hydrogen) atoms. The van der Waals surface area contributed by atoms with Gasteiger partial charge in [-0.1, -0.05) is 12.1 Å². The summed E-state index contributed by atoms with van der Waals surface area (Å²) in [4.78, 5) is 0. The van der Waals surface area contributed by atoms with E-state index >= 15 is 0 Å². The lowest BCUT2D eigenvalue weighted by molar-refractivity contribution is 0.973. The Labute approximate surface area is 96.4 Å². The van der Waals surface area contributed by atoms with Gasteiger partial charge in [0.1, 0.15) is 0 Å². The van der Waals surface area contributed by atoms with Gasteiger partial charge in [-0.3, -0.25) is 0 Å². The van der Waals surface area contributed by atoms with Crippen LogP contribution in [0.2, 0.25) is 0 Å². The molecule has 2 rings (SSSR count). The third-order valence-electron chi connectivity index (χ3n) is 2.89. The zero-order valence-electron chi connectivity index (χ0n) is 10.2. The molecule has 0 N–H and O–H groups in total. The van der Waals surface area contributed by atoms with Crippen LogP contribution in [-0.2, 0) is 0 Å². The average molecular weight is 212 g/mol. The zero-order chi connectivity index (χ0) is 11.7. The molecule has 0 bridgehead atoms. The first-order chi connectivity index (χ1) is 7.58. The molecule has 0 spiro atoms. The first-order valence-corrected chi connectivity index (χ1v) is 5.46. The fraction of sp³-hybridized carbons (Fsp3) is 0.286. The second-order valence-corrected chi connectivity index (χ2v) is 4.32. The predicted octanol–water partition coefficient (Wildman–Crippen LogP) is 3.38. The van der Waals surface area contributed by atoms with E-state index in [2.05, 4.69) is 55.2 Å². The van der Waals surface area contributed by atoms with Crippen LogP contribution in [0.4, 0.5) is 0 Å². The lowest BCUT2D eigenvalue weighted by atomic mass is 10.0. The molecule has 0 saturated carbocycles. The van der Waals surface area contributed by atoms with E-state index in [4.69, 9.17) is 0 Å². The fourth-order valence-electron chi connectivity index (χ4n) is 1.79. The van der Waals surface area contributed by atoms with Crippen LogP contribution in [0.3, 0.4) is 0 Å². The summed E-state index contributed by atoms with van der Waals surface area (Å²) in [5, 5.41) is 8.39. The molecule has 0 fully saturated rings. The number of rotatable bonds is 1. The van der Waals surface area contributed by atoms with E-state index in [0.717, 1.165) is 17.0 Å².